The third kappa shape index (κ3) is 4.82. The molecular weight excluding hydrogens is 347 g/mol. The molecule has 1 aromatic heterocycles. The topological polar surface area (TPSA) is 71.3 Å². The van der Waals surface area contributed by atoms with Gasteiger partial charge in [0.2, 0.25) is 5.91 Å². The minimum atomic E-state index is -0.889. The van der Waals surface area contributed by atoms with Gasteiger partial charge in [0.15, 0.2) is 0 Å². The summed E-state index contributed by atoms with van der Waals surface area (Å²) < 4.78 is 14.8. The second-order valence-electron chi connectivity index (χ2n) is 6.11. The van der Waals surface area contributed by atoms with Crippen LogP contribution in [0.2, 0.25) is 0 Å². The van der Waals surface area contributed by atoms with Gasteiger partial charge in [-0.2, -0.15) is 0 Å². The lowest BCUT2D eigenvalue weighted by molar-refractivity contribution is -0.137. The van der Waals surface area contributed by atoms with Crippen LogP contribution >= 0.6 is 0 Å². The summed E-state index contributed by atoms with van der Waals surface area (Å²) in [6.07, 6.45) is 0.309. The van der Waals surface area contributed by atoms with Crippen molar-refractivity contribution in [1.82, 2.24) is 4.57 Å². The Morgan fingerprint density at radius 3 is 2.33 bits per heavy atom. The van der Waals surface area contributed by atoms with E-state index in [1.165, 1.54) is 24.3 Å². The summed E-state index contributed by atoms with van der Waals surface area (Å²) in [5.74, 6) is -1.54. The smallest absolute Gasteiger partial charge is 0.303 e. The number of carboxylic acid groups (broad SMARTS) is 1. The summed E-state index contributed by atoms with van der Waals surface area (Å²) in [6.45, 7) is 0.0313. The number of halogens is 1. The maximum Gasteiger partial charge on any atom is 0.303 e. The Bertz CT molecular complexity index is 934. The number of rotatable bonds is 7. The van der Waals surface area contributed by atoms with Crippen molar-refractivity contribution in [1.29, 1.82) is 0 Å². The van der Waals surface area contributed by atoms with Crippen LogP contribution in [0.15, 0.2) is 66.7 Å². The van der Waals surface area contributed by atoms with Crippen LogP contribution < -0.4 is 5.32 Å². The zero-order valence-electron chi connectivity index (χ0n) is 14.6. The highest BCUT2D eigenvalue weighted by Crippen LogP contribution is 2.23. The molecule has 0 atom stereocenters. The van der Waals surface area contributed by atoms with Crippen LogP contribution in [0.25, 0.3) is 11.3 Å². The number of aliphatic carboxylic acids is 1. The van der Waals surface area contributed by atoms with Gasteiger partial charge in [0, 0.05) is 17.1 Å². The molecule has 3 aromatic rings. The molecule has 0 unspecified atom stereocenters. The van der Waals surface area contributed by atoms with E-state index in [1.807, 2.05) is 47.0 Å². The maximum absolute atomic E-state index is 13.0. The Hall–Kier alpha value is -3.41. The second-order valence-corrected chi connectivity index (χ2v) is 6.11. The lowest BCUT2D eigenvalue weighted by atomic mass is 10.1. The predicted octanol–water partition coefficient (Wildman–Crippen LogP) is 3.95. The van der Waals surface area contributed by atoms with Crippen molar-refractivity contribution in [2.45, 2.75) is 19.4 Å². The van der Waals surface area contributed by atoms with Crippen LogP contribution in [-0.2, 0) is 22.6 Å². The van der Waals surface area contributed by atoms with Crippen LogP contribution in [0.3, 0.4) is 0 Å². The number of nitrogens with one attached hydrogen (secondary N) is 1. The van der Waals surface area contributed by atoms with E-state index in [2.05, 4.69) is 5.32 Å². The normalized spacial score (nSPS) is 10.6. The Morgan fingerprint density at radius 1 is 0.963 bits per heavy atom. The van der Waals surface area contributed by atoms with E-state index in [1.54, 1.807) is 0 Å². The van der Waals surface area contributed by atoms with Crippen molar-refractivity contribution in [2.75, 3.05) is 5.32 Å². The Kier molecular flexibility index (Phi) is 5.66. The Balaban J connectivity index is 1.84. The zero-order valence-corrected chi connectivity index (χ0v) is 14.6. The summed E-state index contributed by atoms with van der Waals surface area (Å²) in [5.41, 5.74) is 3.05. The molecule has 0 aliphatic carbocycles. The number of carbonyl (C=O) groups excluding carboxylic acids is 1. The minimum absolute atomic E-state index is 0.0160. The number of anilines is 1. The number of aryl methyl sites for hydroxylation is 1. The summed E-state index contributed by atoms with van der Waals surface area (Å²) in [5, 5.41) is 11.7. The largest absolute Gasteiger partial charge is 0.481 e. The highest BCUT2D eigenvalue weighted by Gasteiger charge is 2.14. The molecule has 1 heterocycles. The summed E-state index contributed by atoms with van der Waals surface area (Å²) >= 11 is 0. The summed E-state index contributed by atoms with van der Waals surface area (Å²) in [6, 6.07) is 18.9. The average Bonchev–Trinajstić information content (AvgIpc) is 3.05. The highest BCUT2D eigenvalue weighted by molar-refractivity contribution is 5.91. The quantitative estimate of drug-likeness (QED) is 0.665. The first-order valence-corrected chi connectivity index (χ1v) is 8.54. The van der Waals surface area contributed by atoms with Crippen molar-refractivity contribution in [2.24, 2.45) is 0 Å². The van der Waals surface area contributed by atoms with Crippen molar-refractivity contribution < 1.29 is 19.1 Å². The number of benzene rings is 2. The molecule has 5 nitrogen and oxygen atoms in total. The number of nitrogens with zero attached hydrogens (tertiary/aromatic N) is 1. The van der Waals surface area contributed by atoms with E-state index < -0.39 is 5.97 Å². The standard InChI is InChI=1S/C21H19FN2O3/c22-16-6-8-17(9-7-16)23-20(25)14-24-18(11-13-21(26)27)10-12-19(24)15-4-2-1-3-5-15/h1-10,12H,11,13-14H2,(H,23,25)(H,26,27). The van der Waals surface area contributed by atoms with Gasteiger partial charge in [-0.3, -0.25) is 9.59 Å². The molecule has 0 aliphatic rings. The molecule has 27 heavy (non-hydrogen) atoms. The SMILES string of the molecule is O=C(O)CCc1ccc(-c2ccccc2)n1CC(=O)Nc1ccc(F)cc1. The lowest BCUT2D eigenvalue weighted by Crippen LogP contribution is -2.21. The molecule has 138 valence electrons. The number of carboxylic acids is 1. The van der Waals surface area contributed by atoms with Gasteiger partial charge in [-0.05, 0) is 48.4 Å². The Labute approximate surface area is 156 Å². The fraction of sp³-hybridized carbons (Fsp3) is 0.143. The van der Waals surface area contributed by atoms with Crippen molar-refractivity contribution in [3.63, 3.8) is 0 Å². The third-order valence-corrected chi connectivity index (χ3v) is 4.17. The van der Waals surface area contributed by atoms with E-state index in [9.17, 15) is 14.0 Å². The van der Waals surface area contributed by atoms with Crippen LogP contribution in [0.1, 0.15) is 12.1 Å². The molecular formula is C21H19FN2O3. The molecule has 6 heteroatoms. The molecule has 0 aliphatic heterocycles. The molecule has 2 N–H and O–H groups in total. The molecule has 0 bridgehead atoms. The van der Waals surface area contributed by atoms with E-state index in [4.69, 9.17) is 5.11 Å². The summed E-state index contributed by atoms with van der Waals surface area (Å²) in [4.78, 5) is 23.4. The van der Waals surface area contributed by atoms with Crippen LogP contribution in [0.4, 0.5) is 10.1 Å². The number of aromatic nitrogens is 1. The second kappa shape index (κ2) is 8.31. The lowest BCUT2D eigenvalue weighted by Gasteiger charge is -2.14. The van der Waals surface area contributed by atoms with Gasteiger partial charge in [0.25, 0.3) is 0 Å². The highest BCUT2D eigenvalue weighted by atomic mass is 19.1. The van der Waals surface area contributed by atoms with Gasteiger partial charge in [0.05, 0.1) is 6.42 Å². The van der Waals surface area contributed by atoms with E-state index in [-0.39, 0.29) is 24.7 Å². The van der Waals surface area contributed by atoms with Crippen LogP contribution in [-0.4, -0.2) is 21.6 Å². The molecule has 0 saturated carbocycles. The molecule has 0 saturated heterocycles. The van der Waals surface area contributed by atoms with Crippen molar-refractivity contribution in [3.05, 3.63) is 78.2 Å². The third-order valence-electron chi connectivity index (χ3n) is 4.17. The van der Waals surface area contributed by atoms with Gasteiger partial charge in [-0.15, -0.1) is 0 Å². The number of hydrogen-bond acceptors (Lipinski definition) is 2. The number of carbonyl (C=O) groups is 2. The number of hydrogen-bond donors (Lipinski definition) is 2. The van der Waals surface area contributed by atoms with E-state index in [0.29, 0.717) is 12.1 Å². The minimum Gasteiger partial charge on any atom is -0.481 e. The monoisotopic (exact) mass is 366 g/mol. The number of amides is 1. The van der Waals surface area contributed by atoms with Gasteiger partial charge >= 0.3 is 5.97 Å². The molecule has 0 fully saturated rings. The van der Waals surface area contributed by atoms with Crippen LogP contribution in [0, 0.1) is 5.82 Å². The molecule has 3 rings (SSSR count). The van der Waals surface area contributed by atoms with E-state index >= 15 is 0 Å². The fourth-order valence-electron chi connectivity index (χ4n) is 2.89. The van der Waals surface area contributed by atoms with Gasteiger partial charge in [-0.25, -0.2) is 4.39 Å². The molecule has 2 aromatic carbocycles. The van der Waals surface area contributed by atoms with Gasteiger partial charge in [0.1, 0.15) is 12.4 Å². The molecule has 0 radical (unpaired) electrons. The first-order valence-electron chi connectivity index (χ1n) is 8.54. The maximum atomic E-state index is 13.0. The fourth-order valence-corrected chi connectivity index (χ4v) is 2.89. The zero-order chi connectivity index (χ0) is 19.2. The van der Waals surface area contributed by atoms with Crippen molar-refractivity contribution >= 4 is 17.6 Å². The van der Waals surface area contributed by atoms with Gasteiger partial charge in [-0.1, -0.05) is 30.3 Å². The summed E-state index contributed by atoms with van der Waals surface area (Å²) in [7, 11) is 0. The Morgan fingerprint density at radius 2 is 1.67 bits per heavy atom. The van der Waals surface area contributed by atoms with Gasteiger partial charge < -0.3 is 15.0 Å². The first kappa shape index (κ1) is 18.4. The molecule has 0 spiro atoms. The predicted molar refractivity (Wildman–Crippen MR) is 101 cm³/mol. The van der Waals surface area contributed by atoms with Crippen LogP contribution in [0.5, 0.6) is 0 Å². The van der Waals surface area contributed by atoms with Crippen molar-refractivity contribution in [3.8, 4) is 11.3 Å². The average molecular weight is 366 g/mol. The first-order chi connectivity index (χ1) is 13.0. The molecule has 1 amide bonds. The van der Waals surface area contributed by atoms with E-state index in [0.717, 1.165) is 17.0 Å².